The Morgan fingerprint density at radius 3 is 3.06 bits per heavy atom. The number of hydrogen-bond acceptors (Lipinski definition) is 3. The van der Waals surface area contributed by atoms with E-state index in [9.17, 15) is 0 Å². The molecule has 0 radical (unpaired) electrons. The van der Waals surface area contributed by atoms with Crippen LogP contribution in [0.2, 0.25) is 5.15 Å². The molecule has 0 saturated carbocycles. The second kappa shape index (κ2) is 5.51. The normalized spacial score (nSPS) is 21.2. The molecular formula is C12H17ClN2O. The van der Waals surface area contributed by atoms with Crippen molar-refractivity contribution in [2.45, 2.75) is 25.3 Å². The predicted octanol–water partition coefficient (Wildman–Crippen LogP) is 2.60. The van der Waals surface area contributed by atoms with Crippen LogP contribution in [0.4, 0.5) is 0 Å². The highest BCUT2D eigenvalue weighted by Crippen LogP contribution is 2.18. The zero-order valence-electron chi connectivity index (χ0n) is 9.53. The average molecular weight is 241 g/mol. The highest BCUT2D eigenvalue weighted by molar-refractivity contribution is 6.29. The van der Waals surface area contributed by atoms with Crippen molar-refractivity contribution in [3.8, 4) is 5.75 Å². The van der Waals surface area contributed by atoms with Crippen LogP contribution in [-0.2, 0) is 0 Å². The van der Waals surface area contributed by atoms with Gasteiger partial charge in [0, 0.05) is 6.04 Å². The summed E-state index contributed by atoms with van der Waals surface area (Å²) in [7, 11) is 2.18. The van der Waals surface area contributed by atoms with Gasteiger partial charge in [-0.2, -0.15) is 0 Å². The van der Waals surface area contributed by atoms with Crippen molar-refractivity contribution in [1.29, 1.82) is 0 Å². The molecule has 1 fully saturated rings. The lowest BCUT2D eigenvalue weighted by Crippen LogP contribution is -2.26. The minimum absolute atomic E-state index is 0.503. The maximum atomic E-state index is 5.70. The quantitative estimate of drug-likeness (QED) is 0.757. The fourth-order valence-corrected chi connectivity index (χ4v) is 2.22. The van der Waals surface area contributed by atoms with Gasteiger partial charge >= 0.3 is 0 Å². The summed E-state index contributed by atoms with van der Waals surface area (Å²) in [6.45, 7) is 1.96. The van der Waals surface area contributed by atoms with Crippen LogP contribution in [0.5, 0.6) is 5.75 Å². The van der Waals surface area contributed by atoms with Gasteiger partial charge in [0.1, 0.15) is 10.9 Å². The molecular weight excluding hydrogens is 224 g/mol. The molecule has 2 heterocycles. The first-order valence-corrected chi connectivity index (χ1v) is 6.08. The average Bonchev–Trinajstić information content (AvgIpc) is 2.68. The molecule has 0 aromatic carbocycles. The SMILES string of the molecule is CN1CCCC1CCOc1ccc(Cl)nc1. The second-order valence-electron chi connectivity index (χ2n) is 4.23. The third kappa shape index (κ3) is 3.09. The van der Waals surface area contributed by atoms with Gasteiger partial charge in [0.25, 0.3) is 0 Å². The van der Waals surface area contributed by atoms with Crippen LogP contribution in [0, 0.1) is 0 Å². The predicted molar refractivity (Wildman–Crippen MR) is 65.0 cm³/mol. The van der Waals surface area contributed by atoms with Gasteiger partial charge in [-0.15, -0.1) is 0 Å². The Hall–Kier alpha value is -0.800. The Morgan fingerprint density at radius 1 is 1.56 bits per heavy atom. The molecule has 0 spiro atoms. The van der Waals surface area contributed by atoms with E-state index in [0.29, 0.717) is 11.2 Å². The molecule has 0 N–H and O–H groups in total. The van der Waals surface area contributed by atoms with E-state index in [1.807, 2.05) is 6.07 Å². The summed E-state index contributed by atoms with van der Waals surface area (Å²) in [5.41, 5.74) is 0. The first-order chi connectivity index (χ1) is 7.75. The molecule has 1 aromatic heterocycles. The first-order valence-electron chi connectivity index (χ1n) is 5.70. The summed E-state index contributed by atoms with van der Waals surface area (Å²) in [4.78, 5) is 6.38. The van der Waals surface area contributed by atoms with Crippen molar-refractivity contribution >= 4 is 11.6 Å². The van der Waals surface area contributed by atoms with Crippen LogP contribution in [-0.4, -0.2) is 36.1 Å². The minimum atomic E-state index is 0.503. The number of nitrogens with zero attached hydrogens (tertiary/aromatic N) is 2. The molecule has 1 aliphatic rings. The Morgan fingerprint density at radius 2 is 2.44 bits per heavy atom. The number of likely N-dealkylation sites (tertiary alicyclic amines) is 1. The maximum absolute atomic E-state index is 5.70. The lowest BCUT2D eigenvalue weighted by atomic mass is 10.1. The van der Waals surface area contributed by atoms with Crippen molar-refractivity contribution in [2.24, 2.45) is 0 Å². The van der Waals surface area contributed by atoms with Gasteiger partial charge in [-0.3, -0.25) is 0 Å². The molecule has 1 atom stereocenters. The number of hydrogen-bond donors (Lipinski definition) is 0. The van der Waals surface area contributed by atoms with Gasteiger partial charge in [0.15, 0.2) is 0 Å². The molecule has 1 saturated heterocycles. The third-order valence-electron chi connectivity index (χ3n) is 3.09. The number of aromatic nitrogens is 1. The van der Waals surface area contributed by atoms with Gasteiger partial charge in [-0.25, -0.2) is 4.98 Å². The monoisotopic (exact) mass is 240 g/mol. The summed E-state index contributed by atoms with van der Waals surface area (Å²) in [6, 6.07) is 4.28. The van der Waals surface area contributed by atoms with Gasteiger partial charge in [-0.1, -0.05) is 11.6 Å². The largest absolute Gasteiger partial charge is 0.492 e. The summed E-state index contributed by atoms with van der Waals surface area (Å²) >= 11 is 5.70. The molecule has 1 aromatic rings. The fourth-order valence-electron chi connectivity index (χ4n) is 2.10. The number of halogens is 1. The van der Waals surface area contributed by atoms with Crippen molar-refractivity contribution < 1.29 is 4.74 Å². The van der Waals surface area contributed by atoms with Gasteiger partial charge in [0.2, 0.25) is 0 Å². The highest BCUT2D eigenvalue weighted by atomic mass is 35.5. The van der Waals surface area contributed by atoms with E-state index >= 15 is 0 Å². The van der Waals surface area contributed by atoms with E-state index in [4.69, 9.17) is 16.3 Å². The number of rotatable bonds is 4. The van der Waals surface area contributed by atoms with E-state index in [-0.39, 0.29) is 0 Å². The van der Waals surface area contributed by atoms with Crippen LogP contribution in [0.15, 0.2) is 18.3 Å². The minimum Gasteiger partial charge on any atom is -0.492 e. The molecule has 4 heteroatoms. The molecule has 3 nitrogen and oxygen atoms in total. The van der Waals surface area contributed by atoms with Crippen LogP contribution in [0.3, 0.4) is 0 Å². The van der Waals surface area contributed by atoms with Gasteiger partial charge < -0.3 is 9.64 Å². The fraction of sp³-hybridized carbons (Fsp3) is 0.583. The maximum Gasteiger partial charge on any atom is 0.137 e. The Balaban J connectivity index is 1.73. The molecule has 0 aliphatic carbocycles. The summed E-state index contributed by atoms with van der Waals surface area (Å²) in [6.07, 6.45) is 5.35. The van der Waals surface area contributed by atoms with Crippen LogP contribution in [0.25, 0.3) is 0 Å². The molecule has 1 unspecified atom stereocenters. The van der Waals surface area contributed by atoms with Crippen molar-refractivity contribution in [3.05, 3.63) is 23.5 Å². The zero-order valence-corrected chi connectivity index (χ0v) is 10.3. The van der Waals surface area contributed by atoms with Crippen LogP contribution in [0.1, 0.15) is 19.3 Å². The summed E-state index contributed by atoms with van der Waals surface area (Å²) in [5.74, 6) is 0.796. The molecule has 0 bridgehead atoms. The molecule has 16 heavy (non-hydrogen) atoms. The second-order valence-corrected chi connectivity index (χ2v) is 4.62. The Labute approximate surface area is 101 Å². The van der Waals surface area contributed by atoms with Crippen LogP contribution < -0.4 is 4.74 Å². The molecule has 0 amide bonds. The number of pyridine rings is 1. The number of ether oxygens (including phenoxy) is 1. The van der Waals surface area contributed by atoms with Gasteiger partial charge in [0.05, 0.1) is 12.8 Å². The smallest absolute Gasteiger partial charge is 0.137 e. The first kappa shape index (κ1) is 11.7. The van der Waals surface area contributed by atoms with E-state index in [1.165, 1.54) is 19.4 Å². The van der Waals surface area contributed by atoms with E-state index in [1.54, 1.807) is 12.3 Å². The highest BCUT2D eigenvalue weighted by Gasteiger charge is 2.20. The van der Waals surface area contributed by atoms with Crippen molar-refractivity contribution in [3.63, 3.8) is 0 Å². The zero-order chi connectivity index (χ0) is 11.4. The molecule has 88 valence electrons. The standard InChI is InChI=1S/C12H17ClN2O/c1-15-7-2-3-10(15)6-8-16-11-4-5-12(13)14-9-11/h4-5,9-10H,2-3,6-8H2,1H3. The van der Waals surface area contributed by atoms with Gasteiger partial charge in [-0.05, 0) is 45.0 Å². The van der Waals surface area contributed by atoms with Crippen LogP contribution >= 0.6 is 11.6 Å². The van der Waals surface area contributed by atoms with E-state index in [2.05, 4.69) is 16.9 Å². The Kier molecular flexibility index (Phi) is 4.02. The molecule has 1 aliphatic heterocycles. The van der Waals surface area contributed by atoms with E-state index in [0.717, 1.165) is 18.8 Å². The third-order valence-corrected chi connectivity index (χ3v) is 3.32. The lowest BCUT2D eigenvalue weighted by molar-refractivity contribution is 0.233. The van der Waals surface area contributed by atoms with Crippen molar-refractivity contribution in [2.75, 3.05) is 20.2 Å². The summed E-state index contributed by atoms with van der Waals surface area (Å²) in [5, 5.41) is 0.503. The molecule has 2 rings (SSSR count). The van der Waals surface area contributed by atoms with Crippen molar-refractivity contribution in [1.82, 2.24) is 9.88 Å². The Bertz CT molecular complexity index is 328. The lowest BCUT2D eigenvalue weighted by Gasteiger charge is -2.19. The summed E-state index contributed by atoms with van der Waals surface area (Å²) < 4.78 is 5.62. The van der Waals surface area contributed by atoms with E-state index < -0.39 is 0 Å². The topological polar surface area (TPSA) is 25.4 Å².